The normalized spacial score (nSPS) is 17.2. The molecular formula is C24H27F3N4O3. The summed E-state index contributed by atoms with van der Waals surface area (Å²) in [5.74, 6) is -1.78. The van der Waals surface area contributed by atoms with Crippen molar-refractivity contribution in [3.8, 4) is 0 Å². The third-order valence-corrected chi connectivity index (χ3v) is 6.23. The van der Waals surface area contributed by atoms with Gasteiger partial charge in [0.25, 0.3) is 0 Å². The van der Waals surface area contributed by atoms with Gasteiger partial charge in [0, 0.05) is 44.6 Å². The highest BCUT2D eigenvalue weighted by atomic mass is 19.4. The zero-order chi connectivity index (χ0) is 24.3. The van der Waals surface area contributed by atoms with Gasteiger partial charge in [0.1, 0.15) is 0 Å². The summed E-state index contributed by atoms with van der Waals surface area (Å²) in [4.78, 5) is 29.2. The molecule has 1 saturated heterocycles. The summed E-state index contributed by atoms with van der Waals surface area (Å²) in [7, 11) is 2.06. The first-order valence-electron chi connectivity index (χ1n) is 11.1. The topological polar surface area (TPSA) is 73.9 Å². The van der Waals surface area contributed by atoms with Crippen LogP contribution in [0.3, 0.4) is 0 Å². The summed E-state index contributed by atoms with van der Waals surface area (Å²) in [5.41, 5.74) is 2.79. The number of carbonyl (C=O) groups is 2. The minimum absolute atomic E-state index is 0.112. The molecule has 2 aliphatic rings. The maximum absolute atomic E-state index is 12.7. The van der Waals surface area contributed by atoms with Gasteiger partial charge in [-0.1, -0.05) is 12.1 Å². The Bertz CT molecular complexity index is 1040. The van der Waals surface area contributed by atoms with Gasteiger partial charge >= 0.3 is 18.0 Å². The Morgan fingerprint density at radius 2 is 1.74 bits per heavy atom. The van der Waals surface area contributed by atoms with Crippen molar-refractivity contribution in [1.82, 2.24) is 10.2 Å². The van der Waals surface area contributed by atoms with E-state index in [9.17, 15) is 22.8 Å². The molecule has 10 heteroatoms. The molecule has 2 amide bonds. The van der Waals surface area contributed by atoms with Crippen molar-refractivity contribution in [2.24, 2.45) is 0 Å². The summed E-state index contributed by atoms with van der Waals surface area (Å²) in [6.07, 6.45) is -3.52. The molecule has 2 aliphatic heterocycles. The number of amides is 2. The number of carbonyl (C=O) groups excluding carboxylic acids is 2. The van der Waals surface area contributed by atoms with Gasteiger partial charge in [0.05, 0.1) is 24.8 Å². The summed E-state index contributed by atoms with van der Waals surface area (Å²) in [5, 5.41) is 5.03. The van der Waals surface area contributed by atoms with E-state index in [0.717, 1.165) is 42.8 Å². The van der Waals surface area contributed by atoms with Crippen molar-refractivity contribution < 1.29 is 27.5 Å². The molecule has 182 valence electrons. The second-order valence-electron chi connectivity index (χ2n) is 8.46. The number of anilines is 2. The molecule has 0 radical (unpaired) electrons. The predicted molar refractivity (Wildman–Crippen MR) is 122 cm³/mol. The number of alkyl halides is 3. The zero-order valence-electron chi connectivity index (χ0n) is 18.8. The highest BCUT2D eigenvalue weighted by Crippen LogP contribution is 2.32. The van der Waals surface area contributed by atoms with E-state index < -0.39 is 23.6 Å². The van der Waals surface area contributed by atoms with Crippen LogP contribution in [0.4, 0.5) is 24.5 Å². The van der Waals surface area contributed by atoms with E-state index in [0.29, 0.717) is 26.3 Å². The Labute approximate surface area is 195 Å². The fraction of sp³-hybridized carbons (Fsp3) is 0.417. The van der Waals surface area contributed by atoms with Crippen LogP contribution < -0.4 is 15.5 Å². The lowest BCUT2D eigenvalue weighted by atomic mass is 10.0. The number of morpholine rings is 1. The zero-order valence-corrected chi connectivity index (χ0v) is 18.8. The minimum Gasteiger partial charge on any atom is -0.379 e. The first-order valence-corrected chi connectivity index (χ1v) is 11.1. The number of halogens is 3. The quantitative estimate of drug-likeness (QED) is 0.650. The van der Waals surface area contributed by atoms with Gasteiger partial charge in [-0.2, -0.15) is 13.2 Å². The van der Waals surface area contributed by atoms with Crippen molar-refractivity contribution in [1.29, 1.82) is 0 Å². The molecule has 0 saturated carbocycles. The molecule has 2 heterocycles. The standard InChI is InChI=1S/C24H27F3N4O3/c1-30-9-8-17-14-16(2-7-20(17)30)21(31-10-12-34-13-11-31)15-28-22(32)23(33)29-19-5-3-18(4-6-19)24(25,26)27/h2-7,14,21H,8-13,15H2,1H3,(H,28,32)(H,29,33)/t21-/m1/s1. The lowest BCUT2D eigenvalue weighted by Gasteiger charge is -2.35. The van der Waals surface area contributed by atoms with E-state index >= 15 is 0 Å². The van der Waals surface area contributed by atoms with Crippen molar-refractivity contribution in [3.05, 3.63) is 59.2 Å². The molecule has 34 heavy (non-hydrogen) atoms. The Morgan fingerprint density at radius 3 is 2.41 bits per heavy atom. The number of ether oxygens (including phenoxy) is 1. The van der Waals surface area contributed by atoms with Gasteiger partial charge in [-0.05, 0) is 47.9 Å². The molecule has 4 rings (SSSR count). The van der Waals surface area contributed by atoms with Gasteiger partial charge in [0.2, 0.25) is 0 Å². The lowest BCUT2D eigenvalue weighted by Crippen LogP contribution is -2.45. The lowest BCUT2D eigenvalue weighted by molar-refractivity contribution is -0.137. The number of nitrogens with zero attached hydrogens (tertiary/aromatic N) is 2. The van der Waals surface area contributed by atoms with Gasteiger partial charge in [-0.3, -0.25) is 14.5 Å². The number of hydrogen-bond donors (Lipinski definition) is 2. The van der Waals surface area contributed by atoms with Crippen molar-refractivity contribution in [2.75, 3.05) is 56.7 Å². The largest absolute Gasteiger partial charge is 0.416 e. The Kier molecular flexibility index (Phi) is 7.08. The third-order valence-electron chi connectivity index (χ3n) is 6.23. The average Bonchev–Trinajstić information content (AvgIpc) is 3.19. The molecule has 0 spiro atoms. The van der Waals surface area contributed by atoms with Crippen molar-refractivity contribution in [2.45, 2.75) is 18.6 Å². The summed E-state index contributed by atoms with van der Waals surface area (Å²) >= 11 is 0. The molecule has 1 fully saturated rings. The number of benzene rings is 2. The van der Waals surface area contributed by atoms with E-state index in [1.165, 1.54) is 11.3 Å². The summed E-state index contributed by atoms with van der Waals surface area (Å²) in [6.45, 7) is 3.76. The number of likely N-dealkylation sites (N-methyl/N-ethyl adjacent to an activating group) is 1. The first kappa shape index (κ1) is 24.0. The predicted octanol–water partition coefficient (Wildman–Crippen LogP) is 2.83. The number of rotatable bonds is 5. The second kappa shape index (κ2) is 10.0. The van der Waals surface area contributed by atoms with Crippen LogP contribution in [0.15, 0.2) is 42.5 Å². The monoisotopic (exact) mass is 476 g/mol. The molecule has 0 unspecified atom stereocenters. The summed E-state index contributed by atoms with van der Waals surface area (Å²) in [6, 6.07) is 10.1. The van der Waals surface area contributed by atoms with Gasteiger partial charge < -0.3 is 20.3 Å². The van der Waals surface area contributed by atoms with E-state index in [1.54, 1.807) is 0 Å². The Morgan fingerprint density at radius 1 is 1.03 bits per heavy atom. The fourth-order valence-electron chi connectivity index (χ4n) is 4.34. The first-order chi connectivity index (χ1) is 16.2. The van der Waals surface area contributed by atoms with Crippen LogP contribution in [0, 0.1) is 0 Å². The second-order valence-corrected chi connectivity index (χ2v) is 8.46. The number of fused-ring (bicyclic) bond motifs is 1. The van der Waals surface area contributed by atoms with Crippen LogP contribution in [0.25, 0.3) is 0 Å². The molecule has 0 aromatic heterocycles. The van der Waals surface area contributed by atoms with Crippen molar-refractivity contribution >= 4 is 23.2 Å². The SMILES string of the molecule is CN1CCc2cc([C@@H](CNC(=O)C(=O)Nc3ccc(C(F)(F)F)cc3)N3CCOCC3)ccc21. The fourth-order valence-corrected chi connectivity index (χ4v) is 4.34. The number of nitrogens with one attached hydrogen (secondary N) is 2. The van der Waals surface area contributed by atoms with Crippen LogP contribution in [0.5, 0.6) is 0 Å². The van der Waals surface area contributed by atoms with Gasteiger partial charge in [-0.15, -0.1) is 0 Å². The molecule has 2 aromatic rings. The van der Waals surface area contributed by atoms with Gasteiger partial charge in [-0.25, -0.2) is 0 Å². The Hall–Kier alpha value is -3.11. The van der Waals surface area contributed by atoms with E-state index in [2.05, 4.69) is 45.7 Å². The maximum atomic E-state index is 12.7. The summed E-state index contributed by atoms with van der Waals surface area (Å²) < 4.78 is 43.6. The average molecular weight is 476 g/mol. The van der Waals surface area contributed by atoms with E-state index in [1.807, 2.05) is 0 Å². The minimum atomic E-state index is -4.47. The number of hydrogen-bond acceptors (Lipinski definition) is 5. The van der Waals surface area contributed by atoms with Crippen molar-refractivity contribution in [3.63, 3.8) is 0 Å². The Balaban J connectivity index is 1.41. The highest BCUT2D eigenvalue weighted by Gasteiger charge is 2.30. The molecular weight excluding hydrogens is 449 g/mol. The smallest absolute Gasteiger partial charge is 0.379 e. The van der Waals surface area contributed by atoms with Crippen LogP contribution in [0.1, 0.15) is 22.7 Å². The molecule has 2 N–H and O–H groups in total. The molecule has 0 aliphatic carbocycles. The van der Waals surface area contributed by atoms with E-state index in [-0.39, 0.29) is 18.3 Å². The van der Waals surface area contributed by atoms with Crippen LogP contribution in [0.2, 0.25) is 0 Å². The van der Waals surface area contributed by atoms with Crippen LogP contribution in [-0.2, 0) is 26.9 Å². The van der Waals surface area contributed by atoms with Crippen LogP contribution in [-0.4, -0.2) is 63.2 Å². The molecule has 7 nitrogen and oxygen atoms in total. The molecule has 0 bridgehead atoms. The third kappa shape index (κ3) is 5.51. The molecule has 1 atom stereocenters. The van der Waals surface area contributed by atoms with Gasteiger partial charge in [0.15, 0.2) is 0 Å². The molecule has 2 aromatic carbocycles. The maximum Gasteiger partial charge on any atom is 0.416 e. The van der Waals surface area contributed by atoms with Crippen LogP contribution >= 0.6 is 0 Å². The highest BCUT2D eigenvalue weighted by molar-refractivity contribution is 6.39. The van der Waals surface area contributed by atoms with E-state index in [4.69, 9.17) is 4.74 Å².